The van der Waals surface area contributed by atoms with Crippen LogP contribution in [0.3, 0.4) is 0 Å². The number of carbonyl (C=O) groups excluding carboxylic acids is 2. The SMILES string of the molecule is COC(=O)C[C@H](O)CC(=O)/C=C/C(C(=NC(C)N(C)S(C)(=O)=O)C(C)C)=C(/C)c1ccc(F)cc1. The zero-order valence-electron chi connectivity index (χ0n) is 21.3. The van der Waals surface area contributed by atoms with Crippen molar-refractivity contribution in [3.8, 4) is 0 Å². The van der Waals surface area contributed by atoms with Gasteiger partial charge in [0, 0.05) is 19.2 Å². The van der Waals surface area contributed by atoms with E-state index in [1.165, 1.54) is 32.4 Å². The first-order chi connectivity index (χ1) is 16.2. The number of halogens is 1. The summed E-state index contributed by atoms with van der Waals surface area (Å²) in [5.41, 5.74) is 2.51. The summed E-state index contributed by atoms with van der Waals surface area (Å²) in [4.78, 5) is 28.5. The van der Waals surface area contributed by atoms with Gasteiger partial charge >= 0.3 is 5.97 Å². The van der Waals surface area contributed by atoms with E-state index in [4.69, 9.17) is 0 Å². The number of ether oxygens (including phenoxy) is 1. The second-order valence-corrected chi connectivity index (χ2v) is 10.6. The third-order valence-electron chi connectivity index (χ3n) is 5.38. The summed E-state index contributed by atoms with van der Waals surface area (Å²) in [6, 6.07) is 5.84. The lowest BCUT2D eigenvalue weighted by Gasteiger charge is -2.23. The molecular formula is C25H35FN2O6S. The standard InChI is InChI=1S/C25H35FN2O6S/c1-16(2)25(27-18(4)28(5)35(7,32)33)23(17(3)19-8-10-20(26)11-9-19)13-12-21(29)14-22(30)15-24(31)34-6/h8-13,16,18,22,30H,14-15H2,1-7H3/b13-12+,23-17+,27-25?/t18?,22-/m1/s1. The molecule has 8 nitrogen and oxygen atoms in total. The molecule has 194 valence electrons. The minimum atomic E-state index is -3.50. The molecule has 0 saturated heterocycles. The number of benzene rings is 1. The highest BCUT2D eigenvalue weighted by Gasteiger charge is 2.21. The highest BCUT2D eigenvalue weighted by atomic mass is 32.2. The van der Waals surface area contributed by atoms with Crippen LogP contribution in [-0.4, -0.2) is 68.0 Å². The van der Waals surface area contributed by atoms with Crippen LogP contribution in [-0.2, 0) is 24.3 Å². The second-order valence-electron chi connectivity index (χ2n) is 8.56. The molecule has 1 N–H and O–H groups in total. The predicted octanol–water partition coefficient (Wildman–Crippen LogP) is 3.37. The number of aliphatic hydroxyl groups is 1. The number of allylic oxidation sites excluding steroid dienone is 4. The third-order valence-corrected chi connectivity index (χ3v) is 6.73. The lowest BCUT2D eigenvalue weighted by atomic mass is 9.91. The van der Waals surface area contributed by atoms with Crippen LogP contribution in [0.25, 0.3) is 5.57 Å². The smallest absolute Gasteiger partial charge is 0.308 e. The summed E-state index contributed by atoms with van der Waals surface area (Å²) in [6.07, 6.45) is 1.43. The van der Waals surface area contributed by atoms with Gasteiger partial charge in [-0.1, -0.05) is 26.0 Å². The first kappa shape index (κ1) is 30.3. The Morgan fingerprint density at radius 1 is 1.14 bits per heavy atom. The molecule has 1 aromatic rings. The highest BCUT2D eigenvalue weighted by molar-refractivity contribution is 7.88. The maximum atomic E-state index is 13.5. The molecule has 1 rings (SSSR count). The minimum absolute atomic E-state index is 0.152. The van der Waals surface area contributed by atoms with Crippen molar-refractivity contribution in [3.63, 3.8) is 0 Å². The number of methoxy groups -OCH3 is 1. The molecule has 0 aliphatic carbocycles. The highest BCUT2D eigenvalue weighted by Crippen LogP contribution is 2.25. The van der Waals surface area contributed by atoms with Crippen molar-refractivity contribution in [2.75, 3.05) is 20.4 Å². The summed E-state index contributed by atoms with van der Waals surface area (Å²) in [5.74, 6) is -1.59. The number of sulfonamides is 1. The number of rotatable bonds is 12. The van der Waals surface area contributed by atoms with Crippen LogP contribution in [0.15, 0.2) is 47.0 Å². The number of aliphatic imine (C=N–C) groups is 1. The molecule has 0 aliphatic heterocycles. The number of hydrogen-bond donors (Lipinski definition) is 1. The largest absolute Gasteiger partial charge is 0.469 e. The van der Waals surface area contributed by atoms with Crippen molar-refractivity contribution in [3.05, 3.63) is 53.4 Å². The van der Waals surface area contributed by atoms with Crippen LogP contribution in [0.4, 0.5) is 4.39 Å². The van der Waals surface area contributed by atoms with Gasteiger partial charge in [0.2, 0.25) is 10.0 Å². The molecule has 0 bridgehead atoms. The van der Waals surface area contributed by atoms with Crippen LogP contribution in [0.2, 0.25) is 0 Å². The first-order valence-corrected chi connectivity index (χ1v) is 13.0. The van der Waals surface area contributed by atoms with Gasteiger partial charge in [0.05, 0.1) is 25.9 Å². The average molecular weight is 511 g/mol. The van der Waals surface area contributed by atoms with E-state index in [1.807, 2.05) is 13.8 Å². The molecule has 0 aromatic heterocycles. The monoisotopic (exact) mass is 510 g/mol. The average Bonchev–Trinajstić information content (AvgIpc) is 2.76. The van der Waals surface area contributed by atoms with E-state index in [0.717, 1.165) is 10.6 Å². The Morgan fingerprint density at radius 2 is 1.71 bits per heavy atom. The molecule has 0 radical (unpaired) electrons. The summed E-state index contributed by atoms with van der Waals surface area (Å²) < 4.78 is 43.1. The number of esters is 1. The van der Waals surface area contributed by atoms with Gasteiger partial charge in [-0.15, -0.1) is 0 Å². The van der Waals surface area contributed by atoms with Gasteiger partial charge in [-0.25, -0.2) is 12.8 Å². The third kappa shape index (κ3) is 9.83. The predicted molar refractivity (Wildman–Crippen MR) is 135 cm³/mol. The van der Waals surface area contributed by atoms with Crippen LogP contribution in [0, 0.1) is 11.7 Å². The fourth-order valence-corrected chi connectivity index (χ4v) is 3.77. The van der Waals surface area contributed by atoms with E-state index in [-0.39, 0.29) is 18.8 Å². The van der Waals surface area contributed by atoms with Gasteiger partial charge in [-0.05, 0) is 60.8 Å². The Bertz CT molecular complexity index is 1090. The lowest BCUT2D eigenvalue weighted by Crippen LogP contribution is -2.34. The molecule has 0 heterocycles. The number of hydrogen-bond acceptors (Lipinski definition) is 7. The Morgan fingerprint density at radius 3 is 2.20 bits per heavy atom. The molecule has 35 heavy (non-hydrogen) atoms. The Balaban J connectivity index is 3.51. The zero-order chi connectivity index (χ0) is 26.9. The maximum absolute atomic E-state index is 13.5. The molecule has 0 saturated carbocycles. The Labute approximate surface area is 207 Å². The molecule has 1 unspecified atom stereocenters. The molecule has 0 aliphatic rings. The van der Waals surface area contributed by atoms with E-state index in [1.54, 1.807) is 32.1 Å². The van der Waals surface area contributed by atoms with Crippen LogP contribution >= 0.6 is 0 Å². The number of nitrogens with zero attached hydrogens (tertiary/aromatic N) is 2. The van der Waals surface area contributed by atoms with Gasteiger partial charge < -0.3 is 9.84 Å². The van der Waals surface area contributed by atoms with Crippen molar-refractivity contribution in [2.45, 2.75) is 52.8 Å². The molecule has 10 heteroatoms. The summed E-state index contributed by atoms with van der Waals surface area (Å²) >= 11 is 0. The lowest BCUT2D eigenvalue weighted by molar-refractivity contribution is -0.143. The quantitative estimate of drug-likeness (QED) is 0.200. The van der Waals surface area contributed by atoms with Gasteiger partial charge in [0.1, 0.15) is 12.0 Å². The first-order valence-electron chi connectivity index (χ1n) is 11.1. The van der Waals surface area contributed by atoms with Crippen molar-refractivity contribution < 1.29 is 32.2 Å². The number of ketones is 1. The van der Waals surface area contributed by atoms with Crippen LogP contribution in [0.5, 0.6) is 0 Å². The van der Waals surface area contributed by atoms with E-state index in [9.17, 15) is 27.5 Å². The van der Waals surface area contributed by atoms with E-state index < -0.39 is 39.9 Å². The summed E-state index contributed by atoms with van der Waals surface area (Å²) in [6.45, 7) is 7.22. The fourth-order valence-electron chi connectivity index (χ4n) is 3.17. The van der Waals surface area contributed by atoms with E-state index in [0.29, 0.717) is 22.4 Å². The van der Waals surface area contributed by atoms with Crippen LogP contribution < -0.4 is 0 Å². The number of aliphatic hydroxyl groups excluding tert-OH is 1. The summed E-state index contributed by atoms with van der Waals surface area (Å²) in [5, 5.41) is 9.96. The normalized spacial score (nSPS) is 15.3. The van der Waals surface area contributed by atoms with Crippen molar-refractivity contribution in [2.24, 2.45) is 10.9 Å². The van der Waals surface area contributed by atoms with Crippen LogP contribution in [0.1, 0.15) is 46.1 Å². The molecule has 1 aromatic carbocycles. The van der Waals surface area contributed by atoms with E-state index in [2.05, 4.69) is 9.73 Å². The molecule has 2 atom stereocenters. The maximum Gasteiger partial charge on any atom is 0.308 e. The van der Waals surface area contributed by atoms with Gasteiger partial charge in [0.25, 0.3) is 0 Å². The minimum Gasteiger partial charge on any atom is -0.469 e. The molecule has 0 spiro atoms. The number of carbonyl (C=O) groups is 2. The zero-order valence-corrected chi connectivity index (χ0v) is 22.1. The van der Waals surface area contributed by atoms with Crippen molar-refractivity contribution in [1.82, 2.24) is 4.31 Å². The Hall–Kier alpha value is -2.69. The molecule has 0 amide bonds. The molecule has 0 fully saturated rings. The van der Waals surface area contributed by atoms with Gasteiger partial charge in [0.15, 0.2) is 5.78 Å². The summed E-state index contributed by atoms with van der Waals surface area (Å²) in [7, 11) is -0.871. The van der Waals surface area contributed by atoms with Gasteiger partial charge in [-0.2, -0.15) is 4.31 Å². The topological polar surface area (TPSA) is 113 Å². The van der Waals surface area contributed by atoms with E-state index >= 15 is 0 Å². The van der Waals surface area contributed by atoms with Gasteiger partial charge in [-0.3, -0.25) is 14.6 Å². The second kappa shape index (κ2) is 13.4. The Kier molecular flexibility index (Phi) is 11.6. The fraction of sp³-hybridized carbons (Fsp3) is 0.480. The van der Waals surface area contributed by atoms with Crippen molar-refractivity contribution >= 4 is 33.1 Å². The molecular weight excluding hydrogens is 475 g/mol. The van der Waals surface area contributed by atoms with Crippen molar-refractivity contribution in [1.29, 1.82) is 0 Å².